The summed E-state index contributed by atoms with van der Waals surface area (Å²) >= 11 is 0. The molecule has 8 nitrogen and oxygen atoms in total. The molecule has 0 fully saturated rings. The van der Waals surface area contributed by atoms with Gasteiger partial charge >= 0.3 is 11.6 Å². The van der Waals surface area contributed by atoms with E-state index in [0.717, 1.165) is 43.2 Å². The number of hydrogen-bond donors (Lipinski definition) is 3. The van der Waals surface area contributed by atoms with Gasteiger partial charge in [-0.1, -0.05) is 39.6 Å². The Balaban J connectivity index is 1.53. The Labute approximate surface area is 252 Å². The van der Waals surface area contributed by atoms with Gasteiger partial charge in [0.1, 0.15) is 23.2 Å². The Morgan fingerprint density at radius 3 is 2.32 bits per heavy atom. The highest BCUT2D eigenvalue weighted by molar-refractivity contribution is 7.20. The molecule has 230 valence electrons. The second-order valence-corrected chi connectivity index (χ2v) is 11.3. The van der Waals surface area contributed by atoms with E-state index in [9.17, 15) is 37.1 Å². The molecule has 4 aromatic rings. The molecule has 0 saturated heterocycles. The predicted molar refractivity (Wildman–Crippen MR) is 161 cm³/mol. The lowest BCUT2D eigenvalue weighted by atomic mass is 9.95. The zero-order chi connectivity index (χ0) is 32.2. The number of alkyl halides is 2. The Kier molecular flexibility index (Phi) is 9.96. The fourth-order valence-electron chi connectivity index (χ4n) is 4.77. The van der Waals surface area contributed by atoms with Crippen LogP contribution in [0.3, 0.4) is 0 Å². The largest absolute Gasteiger partial charge is 0.480 e. The molecule has 1 aromatic heterocycles. The average Bonchev–Trinajstić information content (AvgIpc) is 2.91. The Morgan fingerprint density at radius 2 is 1.68 bits per heavy atom. The molecule has 0 spiro atoms. The van der Waals surface area contributed by atoms with Crippen LogP contribution in [-0.4, -0.2) is 58.6 Å². The molecule has 0 radical (unpaired) electrons. The lowest BCUT2D eigenvalue weighted by Gasteiger charge is -2.17. The van der Waals surface area contributed by atoms with E-state index >= 15 is 0 Å². The molecular weight excluding hydrogens is 599 g/mol. The van der Waals surface area contributed by atoms with Crippen LogP contribution in [0.2, 0.25) is 0 Å². The third-order valence-corrected chi connectivity index (χ3v) is 6.92. The summed E-state index contributed by atoms with van der Waals surface area (Å²) in [7, 11) is 4.94. The number of aliphatic carboxylic acids is 1. The number of carbonyl (C=O) groups is 3. The maximum absolute atomic E-state index is 14.7. The molecule has 2 atom stereocenters. The van der Waals surface area contributed by atoms with Crippen molar-refractivity contribution in [2.45, 2.75) is 31.1 Å². The number of hydrogen-bond acceptors (Lipinski definition) is 5. The van der Waals surface area contributed by atoms with E-state index < -0.39 is 52.4 Å². The number of aromatic nitrogens is 1. The van der Waals surface area contributed by atoms with Gasteiger partial charge in [-0.25, -0.2) is 13.6 Å². The Hall–Kier alpha value is -4.41. The molecule has 1 heterocycles. The number of carbonyl (C=O) groups excluding carboxylic acids is 2. The number of benzene rings is 3. The normalized spacial score (nSPS) is 12.3. The minimum absolute atomic E-state index is 0.196. The van der Waals surface area contributed by atoms with Gasteiger partial charge in [0.15, 0.2) is 0 Å². The second kappa shape index (κ2) is 13.5. The van der Waals surface area contributed by atoms with Crippen molar-refractivity contribution in [2.75, 3.05) is 19.4 Å². The minimum Gasteiger partial charge on any atom is -0.480 e. The highest BCUT2D eigenvalue weighted by Crippen LogP contribution is 2.27. The number of fused-ring (bicyclic) bond motifs is 1. The first kappa shape index (κ1) is 32.5. The summed E-state index contributed by atoms with van der Waals surface area (Å²) in [5.74, 6) is -7.60. The van der Waals surface area contributed by atoms with E-state index in [0.29, 0.717) is 24.1 Å². The van der Waals surface area contributed by atoms with Gasteiger partial charge in [-0.05, 0) is 72.4 Å². The van der Waals surface area contributed by atoms with E-state index in [-0.39, 0.29) is 6.42 Å². The number of halogens is 4. The van der Waals surface area contributed by atoms with Crippen molar-refractivity contribution in [3.8, 4) is 0 Å². The maximum Gasteiger partial charge on any atom is 0.335 e. The van der Waals surface area contributed by atoms with E-state index in [1.54, 1.807) is 35.9 Å². The van der Waals surface area contributed by atoms with Crippen LogP contribution < -0.4 is 10.6 Å². The topological polar surface area (TPSA) is 112 Å². The lowest BCUT2D eigenvalue weighted by molar-refractivity contribution is -0.139. The smallest absolute Gasteiger partial charge is 0.335 e. The molecular formula is C31H29F4N4O4P. The number of carboxylic acids is 1. The van der Waals surface area contributed by atoms with Crippen LogP contribution in [0.1, 0.15) is 32.6 Å². The monoisotopic (exact) mass is 628 g/mol. The summed E-state index contributed by atoms with van der Waals surface area (Å²) in [5.41, 5.74) is -2.10. The summed E-state index contributed by atoms with van der Waals surface area (Å²) in [6.07, 6.45) is 3.84. The van der Waals surface area contributed by atoms with Crippen molar-refractivity contribution in [3.63, 3.8) is 0 Å². The molecule has 0 bridgehead atoms. The number of nitrogens with zero attached hydrogens (tertiary/aromatic N) is 2. The highest BCUT2D eigenvalue weighted by atomic mass is 31.0. The van der Waals surface area contributed by atoms with Crippen molar-refractivity contribution >= 4 is 43.5 Å². The number of pyridine rings is 1. The van der Waals surface area contributed by atoms with Crippen LogP contribution in [0, 0.1) is 11.6 Å². The van der Waals surface area contributed by atoms with E-state index in [4.69, 9.17) is 0 Å². The number of anilines is 1. The summed E-state index contributed by atoms with van der Waals surface area (Å²) in [4.78, 5) is 42.5. The molecule has 2 amide bonds. The van der Waals surface area contributed by atoms with Gasteiger partial charge in [0.05, 0.1) is 0 Å². The van der Waals surface area contributed by atoms with Gasteiger partial charge < -0.3 is 20.6 Å². The van der Waals surface area contributed by atoms with Gasteiger partial charge in [-0.2, -0.15) is 8.78 Å². The molecule has 0 saturated carbocycles. The molecule has 0 aliphatic heterocycles. The molecule has 2 unspecified atom stereocenters. The molecule has 3 N–H and O–H groups in total. The highest BCUT2D eigenvalue weighted by Gasteiger charge is 2.33. The molecule has 13 heteroatoms. The Morgan fingerprint density at radius 1 is 1.00 bits per heavy atom. The third-order valence-electron chi connectivity index (χ3n) is 6.66. The van der Waals surface area contributed by atoms with Gasteiger partial charge in [-0.15, -0.1) is 0 Å². The zero-order valence-electron chi connectivity index (χ0n) is 23.7. The van der Waals surface area contributed by atoms with Crippen LogP contribution in [-0.2, 0) is 29.0 Å². The first-order valence-electron chi connectivity index (χ1n) is 13.3. The van der Waals surface area contributed by atoms with Crippen LogP contribution in [0.4, 0.5) is 23.2 Å². The van der Waals surface area contributed by atoms with Crippen LogP contribution in [0.5, 0.6) is 0 Å². The molecule has 0 aliphatic rings. The molecule has 3 aromatic carbocycles. The van der Waals surface area contributed by atoms with Gasteiger partial charge in [0.25, 0.3) is 11.8 Å². The third kappa shape index (κ3) is 8.15. The summed E-state index contributed by atoms with van der Waals surface area (Å²) in [5, 5.41) is 15.6. The predicted octanol–water partition coefficient (Wildman–Crippen LogP) is 5.00. The molecule has 4 rings (SSSR count). The van der Waals surface area contributed by atoms with E-state index in [1.807, 2.05) is 26.2 Å². The standard InChI is InChI=1S/C31H29F4N4O4P/c1-39(2)16-19-10-20-6-7-36-15-23(20)21(11-19)9-17-4-3-5-18(8-17)12-26(29(41)42)38-28(40)27-24(32)13-22(14-25(27)33)37-30(43)31(34,35)44/h3-8,10-11,13-15,26H,9,12,16,44H2,1-2H3,(H,37,43)(H,38,40)(H,41,42). The van der Waals surface area contributed by atoms with Gasteiger partial charge in [0.2, 0.25) is 0 Å². The number of carboxylic acid groups (broad SMARTS) is 1. The summed E-state index contributed by atoms with van der Waals surface area (Å²) in [6.45, 7) is 0.734. The summed E-state index contributed by atoms with van der Waals surface area (Å²) in [6, 6.07) is 12.7. The Bertz CT molecular complexity index is 1710. The first-order chi connectivity index (χ1) is 20.7. The zero-order valence-corrected chi connectivity index (χ0v) is 24.9. The van der Waals surface area contributed by atoms with Crippen molar-refractivity contribution in [2.24, 2.45) is 0 Å². The van der Waals surface area contributed by atoms with Crippen molar-refractivity contribution < 1.29 is 37.1 Å². The first-order valence-corrected chi connectivity index (χ1v) is 13.9. The van der Waals surface area contributed by atoms with Crippen molar-refractivity contribution in [1.82, 2.24) is 15.2 Å². The van der Waals surface area contributed by atoms with Crippen molar-refractivity contribution in [3.05, 3.63) is 106 Å². The summed E-state index contributed by atoms with van der Waals surface area (Å²) < 4.78 is 55.5. The van der Waals surface area contributed by atoms with E-state index in [1.165, 1.54) is 0 Å². The van der Waals surface area contributed by atoms with Crippen LogP contribution in [0.15, 0.2) is 67.0 Å². The second-order valence-electron chi connectivity index (χ2n) is 10.5. The number of nitrogens with one attached hydrogen (secondary N) is 2. The van der Waals surface area contributed by atoms with Gasteiger partial charge in [-0.3, -0.25) is 14.6 Å². The van der Waals surface area contributed by atoms with Gasteiger partial charge in [0, 0.05) is 36.4 Å². The number of amides is 2. The quantitative estimate of drug-likeness (QED) is 0.159. The van der Waals surface area contributed by atoms with E-state index in [2.05, 4.69) is 27.3 Å². The SMILES string of the molecule is CN(C)Cc1cc(Cc2cccc(CC(NC(=O)c3c(F)cc(NC(=O)C(F)(F)P)cc3F)C(=O)O)c2)c2cnccc2c1. The van der Waals surface area contributed by atoms with Crippen LogP contribution >= 0.6 is 9.24 Å². The number of rotatable bonds is 11. The fourth-order valence-corrected chi connectivity index (χ4v) is 4.85. The molecule has 44 heavy (non-hydrogen) atoms. The van der Waals surface area contributed by atoms with Crippen LogP contribution in [0.25, 0.3) is 10.8 Å². The minimum atomic E-state index is -3.89. The maximum atomic E-state index is 14.7. The van der Waals surface area contributed by atoms with Crippen molar-refractivity contribution in [1.29, 1.82) is 0 Å². The molecule has 0 aliphatic carbocycles. The average molecular weight is 629 g/mol. The lowest BCUT2D eigenvalue weighted by Crippen LogP contribution is -2.43. The fraction of sp³-hybridized carbons (Fsp3) is 0.226.